The van der Waals surface area contributed by atoms with E-state index in [4.69, 9.17) is 0 Å². The van der Waals surface area contributed by atoms with Crippen molar-refractivity contribution < 1.29 is 26.7 Å². The first kappa shape index (κ1) is 12.7. The lowest BCUT2D eigenvalue weighted by Gasteiger charge is -2.06. The van der Waals surface area contributed by atoms with Gasteiger partial charge >= 0.3 is 17.7 Å². The van der Waals surface area contributed by atoms with Crippen LogP contribution in [0.15, 0.2) is 0 Å². The Kier molecular flexibility index (Phi) is 3.28. The molecule has 1 saturated carbocycles. The second-order valence-corrected chi connectivity index (χ2v) is 3.65. The monoisotopic (exact) mass is 232 g/mol. The Labute approximate surface area is 84.6 Å². The summed E-state index contributed by atoms with van der Waals surface area (Å²) >= 11 is 0. The molecule has 1 aliphatic rings. The molecule has 0 unspecified atom stereocenters. The van der Waals surface area contributed by atoms with Gasteiger partial charge in [0.1, 0.15) is 0 Å². The van der Waals surface area contributed by atoms with Crippen LogP contribution in [-0.2, 0) is 4.74 Å². The van der Waals surface area contributed by atoms with E-state index in [2.05, 4.69) is 4.74 Å². The van der Waals surface area contributed by atoms with Crippen LogP contribution >= 0.6 is 0 Å². The summed E-state index contributed by atoms with van der Waals surface area (Å²) in [7, 11) is 0. The zero-order valence-electron chi connectivity index (χ0n) is 8.33. The molecule has 1 nitrogen and oxygen atoms in total. The van der Waals surface area contributed by atoms with Crippen LogP contribution in [0.25, 0.3) is 0 Å². The summed E-state index contributed by atoms with van der Waals surface area (Å²) in [6.45, 7) is 1.53. The van der Waals surface area contributed by atoms with Crippen molar-refractivity contribution in [1.82, 2.24) is 0 Å². The van der Waals surface area contributed by atoms with Gasteiger partial charge in [-0.2, -0.15) is 22.0 Å². The number of rotatable bonds is 6. The third-order valence-electron chi connectivity index (χ3n) is 2.44. The molecule has 1 fully saturated rings. The predicted octanol–water partition coefficient (Wildman–Crippen LogP) is 3.53. The van der Waals surface area contributed by atoms with Crippen LogP contribution in [0.2, 0.25) is 0 Å². The first-order valence-corrected chi connectivity index (χ1v) is 4.89. The van der Waals surface area contributed by atoms with E-state index in [1.54, 1.807) is 0 Å². The zero-order valence-corrected chi connectivity index (χ0v) is 8.33. The van der Waals surface area contributed by atoms with Crippen LogP contribution in [0.3, 0.4) is 0 Å². The van der Waals surface area contributed by atoms with Crippen molar-refractivity contribution in [2.75, 3.05) is 6.61 Å². The molecule has 0 radical (unpaired) electrons. The third-order valence-corrected chi connectivity index (χ3v) is 2.44. The fraction of sp³-hybridized carbons (Fsp3) is 1.00. The number of unbranched alkanes of at least 4 members (excludes halogenated alkanes) is 3. The van der Waals surface area contributed by atoms with E-state index in [0.29, 0.717) is 12.8 Å². The molecule has 0 amide bonds. The molecule has 6 heteroatoms. The van der Waals surface area contributed by atoms with Gasteiger partial charge in [-0.05, 0) is 6.42 Å². The predicted molar refractivity (Wildman–Crippen MR) is 43.8 cm³/mol. The summed E-state index contributed by atoms with van der Waals surface area (Å²) in [6.07, 6.45) is 2.72. The second-order valence-electron chi connectivity index (χ2n) is 3.65. The molecular weight excluding hydrogens is 219 g/mol. The molecule has 0 saturated heterocycles. The number of alkyl halides is 5. The third kappa shape index (κ3) is 1.73. The summed E-state index contributed by atoms with van der Waals surface area (Å²) in [5.41, 5.74) is 0. The van der Waals surface area contributed by atoms with E-state index in [-0.39, 0.29) is 0 Å². The van der Waals surface area contributed by atoms with Crippen LogP contribution in [0.1, 0.15) is 32.6 Å². The Morgan fingerprint density at radius 2 is 1.40 bits per heavy atom. The number of halogens is 5. The number of ether oxygens (including phenoxy) is 1. The molecule has 0 aromatic rings. The lowest BCUT2D eigenvalue weighted by molar-refractivity contribution is -0.148. The van der Waals surface area contributed by atoms with Gasteiger partial charge in [0.2, 0.25) is 0 Å². The molecule has 1 rings (SSSR count). The van der Waals surface area contributed by atoms with E-state index < -0.39 is 24.3 Å². The molecule has 0 N–H and O–H groups in total. The summed E-state index contributed by atoms with van der Waals surface area (Å²) in [5, 5.41) is 0. The van der Waals surface area contributed by atoms with Gasteiger partial charge < -0.3 is 4.74 Å². The molecule has 0 bridgehead atoms. The highest BCUT2D eigenvalue weighted by Crippen LogP contribution is 2.68. The van der Waals surface area contributed by atoms with Gasteiger partial charge in [-0.1, -0.05) is 26.2 Å². The van der Waals surface area contributed by atoms with Crippen LogP contribution in [0.4, 0.5) is 22.0 Å². The minimum Gasteiger partial charge on any atom is -0.336 e. The molecule has 1 aliphatic carbocycles. The Balaban J connectivity index is 2.29. The molecule has 15 heavy (non-hydrogen) atoms. The lowest BCUT2D eigenvalue weighted by Crippen LogP contribution is -2.19. The molecule has 0 heterocycles. The van der Waals surface area contributed by atoms with Crippen molar-refractivity contribution in [2.45, 2.75) is 50.3 Å². The van der Waals surface area contributed by atoms with Crippen molar-refractivity contribution in [3.8, 4) is 0 Å². The van der Waals surface area contributed by atoms with E-state index in [1.807, 2.05) is 6.92 Å². The minimum atomic E-state index is -4.68. The van der Waals surface area contributed by atoms with Crippen molar-refractivity contribution >= 4 is 0 Å². The molecule has 0 spiro atoms. The van der Waals surface area contributed by atoms with E-state index in [1.165, 1.54) is 0 Å². The molecule has 0 aromatic heterocycles. The SMILES string of the molecule is CCCCCCOC1(F)C(F)(F)C1(F)F. The Morgan fingerprint density at radius 1 is 0.867 bits per heavy atom. The van der Waals surface area contributed by atoms with E-state index >= 15 is 0 Å². The standard InChI is InChI=1S/C9H13F5O/c1-2-3-4-5-6-15-9(14)7(10,11)8(9,12)13/h2-6H2,1H3. The summed E-state index contributed by atoms with van der Waals surface area (Å²) in [6, 6.07) is 0. The van der Waals surface area contributed by atoms with Crippen molar-refractivity contribution in [3.63, 3.8) is 0 Å². The Hall–Kier alpha value is -0.390. The van der Waals surface area contributed by atoms with E-state index in [0.717, 1.165) is 12.8 Å². The highest BCUT2D eigenvalue weighted by atomic mass is 19.3. The van der Waals surface area contributed by atoms with Gasteiger partial charge in [-0.25, -0.2) is 0 Å². The van der Waals surface area contributed by atoms with Crippen molar-refractivity contribution in [3.05, 3.63) is 0 Å². The quantitative estimate of drug-likeness (QED) is 0.502. The summed E-state index contributed by atoms with van der Waals surface area (Å²) in [5.74, 6) is -13.4. The largest absolute Gasteiger partial charge is 0.380 e. The minimum absolute atomic E-state index is 0.311. The first-order valence-electron chi connectivity index (χ1n) is 4.89. The number of hydrogen-bond acceptors (Lipinski definition) is 1. The molecule has 0 atom stereocenters. The van der Waals surface area contributed by atoms with Crippen LogP contribution < -0.4 is 0 Å². The smallest absolute Gasteiger partial charge is 0.336 e. The van der Waals surface area contributed by atoms with Crippen LogP contribution in [0, 0.1) is 0 Å². The highest BCUT2D eigenvalue weighted by Gasteiger charge is 3.01. The van der Waals surface area contributed by atoms with Gasteiger partial charge in [0.25, 0.3) is 0 Å². The topological polar surface area (TPSA) is 9.23 Å². The Morgan fingerprint density at radius 3 is 1.80 bits per heavy atom. The molecule has 90 valence electrons. The average Bonchev–Trinajstić information content (AvgIpc) is 2.44. The van der Waals surface area contributed by atoms with Gasteiger partial charge in [0.05, 0.1) is 6.61 Å². The molecule has 0 aliphatic heterocycles. The number of hydrogen-bond donors (Lipinski definition) is 0. The maximum absolute atomic E-state index is 12.8. The first-order chi connectivity index (χ1) is 6.81. The lowest BCUT2D eigenvalue weighted by atomic mass is 10.2. The zero-order chi connectivity index (χ0) is 11.7. The molecule has 0 aromatic carbocycles. The van der Waals surface area contributed by atoms with Crippen molar-refractivity contribution in [1.29, 1.82) is 0 Å². The normalized spacial score (nSPS) is 25.2. The van der Waals surface area contributed by atoms with Gasteiger partial charge in [-0.15, -0.1) is 0 Å². The van der Waals surface area contributed by atoms with Gasteiger partial charge in [0, 0.05) is 0 Å². The van der Waals surface area contributed by atoms with Gasteiger partial charge in [-0.3, -0.25) is 0 Å². The van der Waals surface area contributed by atoms with E-state index in [9.17, 15) is 22.0 Å². The highest BCUT2D eigenvalue weighted by molar-refractivity contribution is 5.23. The fourth-order valence-electron chi connectivity index (χ4n) is 1.29. The Bertz CT molecular complexity index is 215. The average molecular weight is 232 g/mol. The van der Waals surface area contributed by atoms with Crippen LogP contribution in [-0.4, -0.2) is 24.3 Å². The summed E-state index contributed by atoms with van der Waals surface area (Å²) < 4.78 is 65.9. The molecular formula is C9H13F5O. The summed E-state index contributed by atoms with van der Waals surface area (Å²) in [4.78, 5) is 0. The van der Waals surface area contributed by atoms with Crippen molar-refractivity contribution in [2.24, 2.45) is 0 Å². The maximum atomic E-state index is 12.8. The second kappa shape index (κ2) is 3.88. The van der Waals surface area contributed by atoms with Crippen LogP contribution in [0.5, 0.6) is 0 Å². The maximum Gasteiger partial charge on any atom is 0.380 e. The fourth-order valence-corrected chi connectivity index (χ4v) is 1.29. The van der Waals surface area contributed by atoms with Gasteiger partial charge in [0.15, 0.2) is 0 Å².